The summed E-state index contributed by atoms with van der Waals surface area (Å²) in [5.74, 6) is 2.42. The summed E-state index contributed by atoms with van der Waals surface area (Å²) in [4.78, 5) is 0. The smallest absolute Gasteiger partial charge is 0.101 e. The van der Waals surface area contributed by atoms with Gasteiger partial charge in [0, 0.05) is 11.6 Å². The molecule has 0 saturated heterocycles. The van der Waals surface area contributed by atoms with Gasteiger partial charge >= 0.3 is 0 Å². The second kappa shape index (κ2) is 5.05. The van der Waals surface area contributed by atoms with Crippen molar-refractivity contribution in [1.82, 2.24) is 0 Å². The highest BCUT2D eigenvalue weighted by Crippen LogP contribution is 2.39. The Morgan fingerprint density at radius 1 is 1.44 bits per heavy atom. The molecular formula is C14H23NO. The molecule has 1 aromatic rings. The van der Waals surface area contributed by atoms with Gasteiger partial charge in [-0.2, -0.15) is 0 Å². The molecule has 2 nitrogen and oxygen atoms in total. The van der Waals surface area contributed by atoms with E-state index in [2.05, 4.69) is 13.0 Å². The van der Waals surface area contributed by atoms with Crippen molar-refractivity contribution < 1.29 is 4.42 Å². The van der Waals surface area contributed by atoms with Gasteiger partial charge in [-0.05, 0) is 31.2 Å². The zero-order valence-electron chi connectivity index (χ0n) is 10.4. The Morgan fingerprint density at radius 2 is 2.19 bits per heavy atom. The van der Waals surface area contributed by atoms with Gasteiger partial charge < -0.3 is 10.2 Å². The maximum absolute atomic E-state index is 6.39. The summed E-state index contributed by atoms with van der Waals surface area (Å²) in [6.07, 6.45) is 8.45. The number of furan rings is 1. The van der Waals surface area contributed by atoms with Crippen LogP contribution < -0.4 is 5.73 Å². The minimum Gasteiger partial charge on any atom is -0.469 e. The van der Waals surface area contributed by atoms with Crippen LogP contribution in [0.5, 0.6) is 0 Å². The summed E-state index contributed by atoms with van der Waals surface area (Å²) in [6, 6.07) is 2.26. The topological polar surface area (TPSA) is 39.2 Å². The van der Waals surface area contributed by atoms with Crippen molar-refractivity contribution in [3.05, 3.63) is 23.7 Å². The van der Waals surface area contributed by atoms with Gasteiger partial charge in [0.1, 0.15) is 5.76 Å². The van der Waals surface area contributed by atoms with Crippen LogP contribution in [-0.4, -0.2) is 0 Å². The van der Waals surface area contributed by atoms with Crippen LogP contribution in [0.1, 0.15) is 56.4 Å². The highest BCUT2D eigenvalue weighted by Gasteiger charge is 2.30. The average Bonchev–Trinajstić information content (AvgIpc) is 2.75. The molecule has 1 aromatic heterocycles. The molecule has 0 bridgehead atoms. The number of hydrogen-bond acceptors (Lipinski definition) is 2. The van der Waals surface area contributed by atoms with Crippen molar-refractivity contribution in [3.63, 3.8) is 0 Å². The highest BCUT2D eigenvalue weighted by atomic mass is 16.3. The molecule has 1 heterocycles. The Balaban J connectivity index is 2.10. The van der Waals surface area contributed by atoms with Crippen LogP contribution in [0.4, 0.5) is 0 Å². The lowest BCUT2D eigenvalue weighted by Gasteiger charge is -2.34. The fourth-order valence-corrected chi connectivity index (χ4v) is 3.10. The maximum Gasteiger partial charge on any atom is 0.101 e. The normalized spacial score (nSPS) is 27.9. The molecule has 90 valence electrons. The van der Waals surface area contributed by atoms with Crippen LogP contribution in [0.2, 0.25) is 0 Å². The fraction of sp³-hybridized carbons (Fsp3) is 0.714. The van der Waals surface area contributed by atoms with Crippen LogP contribution in [0.15, 0.2) is 16.7 Å². The van der Waals surface area contributed by atoms with Crippen LogP contribution in [0.3, 0.4) is 0 Å². The minimum absolute atomic E-state index is 0.169. The third-order valence-electron chi connectivity index (χ3n) is 4.09. The monoisotopic (exact) mass is 221 g/mol. The van der Waals surface area contributed by atoms with Crippen LogP contribution in [0, 0.1) is 18.8 Å². The first-order valence-corrected chi connectivity index (χ1v) is 6.53. The van der Waals surface area contributed by atoms with Crippen molar-refractivity contribution in [2.45, 2.75) is 52.0 Å². The summed E-state index contributed by atoms with van der Waals surface area (Å²) in [5, 5.41) is 0. The third-order valence-corrected chi connectivity index (χ3v) is 4.09. The third kappa shape index (κ3) is 2.32. The van der Waals surface area contributed by atoms with E-state index in [0.717, 1.165) is 11.7 Å². The molecule has 1 aliphatic rings. The number of rotatable bonds is 3. The Kier molecular flexibility index (Phi) is 3.70. The standard InChI is InChI=1S/C14H23NO/c1-3-11-6-4-5-7-13(11)14(15)12-8-10(2)16-9-12/h8-9,11,13-14H,3-7,15H2,1-2H3. The molecule has 0 amide bonds. The zero-order chi connectivity index (χ0) is 11.5. The van der Waals surface area contributed by atoms with Crippen LogP contribution >= 0.6 is 0 Å². The zero-order valence-corrected chi connectivity index (χ0v) is 10.4. The molecule has 0 aromatic carbocycles. The Morgan fingerprint density at radius 3 is 2.81 bits per heavy atom. The van der Waals surface area contributed by atoms with Gasteiger partial charge in [0.05, 0.1) is 6.26 Å². The molecule has 1 aliphatic carbocycles. The summed E-state index contributed by atoms with van der Waals surface area (Å²) < 4.78 is 5.37. The lowest BCUT2D eigenvalue weighted by molar-refractivity contribution is 0.196. The van der Waals surface area contributed by atoms with E-state index in [9.17, 15) is 0 Å². The van der Waals surface area contributed by atoms with E-state index in [0.29, 0.717) is 5.92 Å². The molecular weight excluding hydrogens is 198 g/mol. The molecule has 0 radical (unpaired) electrons. The second-order valence-electron chi connectivity index (χ2n) is 5.13. The van der Waals surface area contributed by atoms with Crippen LogP contribution in [0.25, 0.3) is 0 Å². The van der Waals surface area contributed by atoms with Crippen molar-refractivity contribution in [1.29, 1.82) is 0 Å². The Labute approximate surface area is 98.2 Å². The van der Waals surface area contributed by atoms with E-state index in [1.807, 2.05) is 13.2 Å². The predicted octanol–water partition coefficient (Wildman–Crippen LogP) is 3.80. The largest absolute Gasteiger partial charge is 0.469 e. The molecule has 2 heteroatoms. The summed E-state index contributed by atoms with van der Waals surface area (Å²) in [5.41, 5.74) is 7.57. The molecule has 16 heavy (non-hydrogen) atoms. The van der Waals surface area contributed by atoms with Gasteiger partial charge in [-0.1, -0.05) is 32.6 Å². The SMILES string of the molecule is CCC1CCCCC1C(N)c1coc(C)c1. The van der Waals surface area contributed by atoms with Crippen molar-refractivity contribution >= 4 is 0 Å². The quantitative estimate of drug-likeness (QED) is 0.843. The first-order chi connectivity index (χ1) is 7.72. The highest BCUT2D eigenvalue weighted by molar-refractivity contribution is 5.17. The van der Waals surface area contributed by atoms with Gasteiger partial charge in [0.15, 0.2) is 0 Å². The van der Waals surface area contributed by atoms with Gasteiger partial charge in [0.25, 0.3) is 0 Å². The lowest BCUT2D eigenvalue weighted by Crippen LogP contribution is -2.30. The predicted molar refractivity (Wildman–Crippen MR) is 66.1 cm³/mol. The lowest BCUT2D eigenvalue weighted by atomic mass is 9.73. The fourth-order valence-electron chi connectivity index (χ4n) is 3.10. The van der Waals surface area contributed by atoms with Gasteiger partial charge in [0.2, 0.25) is 0 Å². The van der Waals surface area contributed by atoms with E-state index >= 15 is 0 Å². The van der Waals surface area contributed by atoms with E-state index in [1.54, 1.807) is 0 Å². The van der Waals surface area contributed by atoms with Gasteiger partial charge in [-0.15, -0.1) is 0 Å². The van der Waals surface area contributed by atoms with Crippen molar-refractivity contribution in [3.8, 4) is 0 Å². The van der Waals surface area contributed by atoms with E-state index in [4.69, 9.17) is 10.2 Å². The summed E-state index contributed by atoms with van der Waals surface area (Å²) >= 11 is 0. The summed E-state index contributed by atoms with van der Waals surface area (Å²) in [6.45, 7) is 4.27. The van der Waals surface area contributed by atoms with Gasteiger partial charge in [-0.25, -0.2) is 0 Å². The van der Waals surface area contributed by atoms with Gasteiger partial charge in [-0.3, -0.25) is 0 Å². The van der Waals surface area contributed by atoms with Crippen LogP contribution in [-0.2, 0) is 0 Å². The Bertz CT molecular complexity index is 331. The number of nitrogens with two attached hydrogens (primary N) is 1. The molecule has 1 saturated carbocycles. The van der Waals surface area contributed by atoms with Crippen molar-refractivity contribution in [2.24, 2.45) is 17.6 Å². The number of aryl methyl sites for hydroxylation is 1. The molecule has 0 spiro atoms. The molecule has 2 rings (SSSR count). The first-order valence-electron chi connectivity index (χ1n) is 6.53. The average molecular weight is 221 g/mol. The maximum atomic E-state index is 6.39. The molecule has 0 aliphatic heterocycles. The van der Waals surface area contributed by atoms with E-state index < -0.39 is 0 Å². The second-order valence-corrected chi connectivity index (χ2v) is 5.13. The first kappa shape index (κ1) is 11.7. The minimum atomic E-state index is 0.169. The van der Waals surface area contributed by atoms with E-state index in [1.165, 1.54) is 37.7 Å². The molecule has 3 atom stereocenters. The molecule has 3 unspecified atom stereocenters. The molecule has 1 fully saturated rings. The molecule has 2 N–H and O–H groups in total. The van der Waals surface area contributed by atoms with Crippen molar-refractivity contribution in [2.75, 3.05) is 0 Å². The Hall–Kier alpha value is -0.760. The number of hydrogen-bond donors (Lipinski definition) is 1. The summed E-state index contributed by atoms with van der Waals surface area (Å²) in [7, 11) is 0. The van der Waals surface area contributed by atoms with E-state index in [-0.39, 0.29) is 6.04 Å².